The molecule has 1 aromatic carbocycles. The molecule has 3 rings (SSSR count). The number of nitrogens with one attached hydrogen (secondary N) is 3. The number of benzene rings is 1. The zero-order valence-corrected chi connectivity index (χ0v) is 16.9. The third-order valence-electron chi connectivity index (χ3n) is 3.88. The highest BCUT2D eigenvalue weighted by molar-refractivity contribution is 9.10. The van der Waals surface area contributed by atoms with Crippen LogP contribution in [0.15, 0.2) is 45.3 Å². The summed E-state index contributed by atoms with van der Waals surface area (Å²) in [6.07, 6.45) is 2.24. The number of carbonyl (C=O) groups excluding carboxylic acids is 1. The molecule has 27 heavy (non-hydrogen) atoms. The second kappa shape index (κ2) is 9.72. The third kappa shape index (κ3) is 6.23. The first-order valence-corrected chi connectivity index (χ1v) is 9.73. The zero-order valence-electron chi connectivity index (χ0n) is 14.5. The molecule has 0 spiro atoms. The predicted octanol–water partition coefficient (Wildman–Crippen LogP) is 2.91. The SMILES string of the molecule is O=C(NNC(=S)NCC1CCCO1)c1ccc(COc2ccc(Br)cc2)o1. The molecule has 1 atom stereocenters. The van der Waals surface area contributed by atoms with Crippen LogP contribution >= 0.6 is 28.1 Å². The number of halogens is 1. The molecule has 144 valence electrons. The maximum absolute atomic E-state index is 12.1. The van der Waals surface area contributed by atoms with Crippen LogP contribution in [0.3, 0.4) is 0 Å². The van der Waals surface area contributed by atoms with Gasteiger partial charge in [-0.3, -0.25) is 15.6 Å². The molecule has 0 radical (unpaired) electrons. The number of rotatable bonds is 6. The summed E-state index contributed by atoms with van der Waals surface area (Å²) in [7, 11) is 0. The van der Waals surface area contributed by atoms with Gasteiger partial charge in [-0.15, -0.1) is 0 Å². The summed E-state index contributed by atoms with van der Waals surface area (Å²) in [4.78, 5) is 12.1. The fourth-order valence-electron chi connectivity index (χ4n) is 2.49. The molecule has 1 fully saturated rings. The first-order valence-electron chi connectivity index (χ1n) is 8.53. The van der Waals surface area contributed by atoms with Crippen molar-refractivity contribution in [1.82, 2.24) is 16.2 Å². The minimum absolute atomic E-state index is 0.166. The van der Waals surface area contributed by atoms with Crippen molar-refractivity contribution in [3.63, 3.8) is 0 Å². The van der Waals surface area contributed by atoms with Crippen LogP contribution in [-0.2, 0) is 11.3 Å². The Morgan fingerprint density at radius 2 is 2.04 bits per heavy atom. The molecular formula is C18H20BrN3O4S. The van der Waals surface area contributed by atoms with Crippen molar-refractivity contribution in [2.24, 2.45) is 0 Å². The lowest BCUT2D eigenvalue weighted by Gasteiger charge is -2.14. The summed E-state index contributed by atoms with van der Waals surface area (Å²) in [5, 5.41) is 3.33. The Kier molecular flexibility index (Phi) is 7.08. The predicted molar refractivity (Wildman–Crippen MR) is 107 cm³/mol. The van der Waals surface area contributed by atoms with Crippen LogP contribution < -0.4 is 20.9 Å². The van der Waals surface area contributed by atoms with Crippen LogP contribution in [0, 0.1) is 0 Å². The molecule has 2 heterocycles. The van der Waals surface area contributed by atoms with E-state index in [-0.39, 0.29) is 18.5 Å². The Balaban J connectivity index is 1.39. The van der Waals surface area contributed by atoms with Gasteiger partial charge in [0.25, 0.3) is 0 Å². The Bertz CT molecular complexity index is 775. The van der Waals surface area contributed by atoms with Crippen molar-refractivity contribution in [1.29, 1.82) is 0 Å². The first-order chi connectivity index (χ1) is 13.1. The maximum Gasteiger partial charge on any atom is 0.305 e. The number of thiocarbonyl (C=S) groups is 1. The highest BCUT2D eigenvalue weighted by Crippen LogP contribution is 2.18. The highest BCUT2D eigenvalue weighted by atomic mass is 79.9. The van der Waals surface area contributed by atoms with Crippen molar-refractivity contribution >= 4 is 39.2 Å². The molecule has 0 bridgehead atoms. The Morgan fingerprint density at radius 3 is 2.78 bits per heavy atom. The first kappa shape index (κ1) is 19.7. The number of carbonyl (C=O) groups is 1. The summed E-state index contributed by atoms with van der Waals surface area (Å²) >= 11 is 8.49. The zero-order chi connectivity index (χ0) is 19.1. The van der Waals surface area contributed by atoms with Crippen molar-refractivity contribution in [2.45, 2.75) is 25.6 Å². The smallest absolute Gasteiger partial charge is 0.305 e. The second-order valence-electron chi connectivity index (χ2n) is 5.93. The van der Waals surface area contributed by atoms with E-state index < -0.39 is 5.91 Å². The molecule has 0 aliphatic carbocycles. The van der Waals surface area contributed by atoms with Gasteiger partial charge in [-0.2, -0.15) is 0 Å². The Morgan fingerprint density at radius 1 is 1.22 bits per heavy atom. The maximum atomic E-state index is 12.1. The second-order valence-corrected chi connectivity index (χ2v) is 7.26. The molecule has 2 aromatic rings. The van der Waals surface area contributed by atoms with E-state index in [1.807, 2.05) is 24.3 Å². The molecule has 1 unspecified atom stereocenters. The van der Waals surface area contributed by atoms with Crippen LogP contribution in [0.25, 0.3) is 0 Å². The summed E-state index contributed by atoms with van der Waals surface area (Å²) in [5.74, 6) is 0.997. The quantitative estimate of drug-likeness (QED) is 0.457. The van der Waals surface area contributed by atoms with E-state index >= 15 is 0 Å². The van der Waals surface area contributed by atoms with Gasteiger partial charge in [-0.05, 0) is 61.5 Å². The normalized spacial score (nSPS) is 16.0. The van der Waals surface area contributed by atoms with Crippen molar-refractivity contribution in [3.8, 4) is 5.75 Å². The van der Waals surface area contributed by atoms with Crippen LogP contribution in [0.2, 0.25) is 0 Å². The number of hydrazine groups is 1. The molecule has 1 saturated heterocycles. The number of hydrogen-bond acceptors (Lipinski definition) is 5. The van der Waals surface area contributed by atoms with Crippen LogP contribution in [-0.4, -0.2) is 30.3 Å². The van der Waals surface area contributed by atoms with E-state index in [0.29, 0.717) is 23.2 Å². The molecule has 1 aliphatic heterocycles. The molecular weight excluding hydrogens is 434 g/mol. The standard InChI is InChI=1S/C18H20BrN3O4S/c19-12-3-5-13(6-4-12)25-11-15-7-8-16(26-15)17(23)21-22-18(27)20-10-14-2-1-9-24-14/h3-8,14H,1-2,9-11H2,(H,21,23)(H2,20,22,27). The molecule has 7 nitrogen and oxygen atoms in total. The van der Waals surface area contributed by atoms with Gasteiger partial charge in [0.05, 0.1) is 6.10 Å². The lowest BCUT2D eigenvalue weighted by Crippen LogP contribution is -2.48. The van der Waals surface area contributed by atoms with Gasteiger partial charge in [0.1, 0.15) is 18.1 Å². The fraction of sp³-hybridized carbons (Fsp3) is 0.333. The van der Waals surface area contributed by atoms with E-state index in [0.717, 1.165) is 23.9 Å². The minimum Gasteiger partial charge on any atom is -0.486 e. The van der Waals surface area contributed by atoms with Gasteiger partial charge in [0, 0.05) is 17.6 Å². The molecule has 9 heteroatoms. The average molecular weight is 454 g/mol. The largest absolute Gasteiger partial charge is 0.486 e. The topological polar surface area (TPSA) is 84.8 Å². The van der Waals surface area contributed by atoms with Gasteiger partial charge in [0.2, 0.25) is 0 Å². The number of ether oxygens (including phenoxy) is 2. The third-order valence-corrected chi connectivity index (χ3v) is 4.66. The van der Waals surface area contributed by atoms with Gasteiger partial charge in [-0.1, -0.05) is 15.9 Å². The van der Waals surface area contributed by atoms with Gasteiger partial charge >= 0.3 is 5.91 Å². The van der Waals surface area contributed by atoms with Crippen LogP contribution in [0.5, 0.6) is 5.75 Å². The molecule has 3 N–H and O–H groups in total. The minimum atomic E-state index is -0.425. The Hall–Kier alpha value is -2.10. The van der Waals surface area contributed by atoms with E-state index in [1.54, 1.807) is 12.1 Å². The van der Waals surface area contributed by atoms with E-state index in [2.05, 4.69) is 32.1 Å². The summed E-state index contributed by atoms with van der Waals surface area (Å²) < 4.78 is 17.6. The van der Waals surface area contributed by atoms with Crippen molar-refractivity contribution < 1.29 is 18.7 Å². The average Bonchev–Trinajstić information content (AvgIpc) is 3.36. The summed E-state index contributed by atoms with van der Waals surface area (Å²) in [5.41, 5.74) is 5.14. The van der Waals surface area contributed by atoms with Crippen LogP contribution in [0.1, 0.15) is 29.2 Å². The van der Waals surface area contributed by atoms with Crippen LogP contribution in [0.4, 0.5) is 0 Å². The molecule has 1 aliphatic rings. The molecule has 1 amide bonds. The lowest BCUT2D eigenvalue weighted by molar-refractivity contribution is 0.0911. The number of furan rings is 1. The lowest BCUT2D eigenvalue weighted by atomic mass is 10.2. The van der Waals surface area contributed by atoms with E-state index in [1.165, 1.54) is 0 Å². The van der Waals surface area contributed by atoms with E-state index in [9.17, 15) is 4.79 Å². The van der Waals surface area contributed by atoms with Gasteiger partial charge in [-0.25, -0.2) is 0 Å². The monoisotopic (exact) mass is 453 g/mol. The van der Waals surface area contributed by atoms with Gasteiger partial charge in [0.15, 0.2) is 10.9 Å². The molecule has 1 aromatic heterocycles. The Labute approximate surface area is 170 Å². The number of amides is 1. The highest BCUT2D eigenvalue weighted by Gasteiger charge is 2.16. The van der Waals surface area contributed by atoms with E-state index in [4.69, 9.17) is 26.1 Å². The number of hydrogen-bond donors (Lipinski definition) is 3. The summed E-state index contributed by atoms with van der Waals surface area (Å²) in [6.45, 7) is 1.62. The van der Waals surface area contributed by atoms with Gasteiger partial charge < -0.3 is 19.2 Å². The fourth-order valence-corrected chi connectivity index (χ4v) is 2.89. The van der Waals surface area contributed by atoms with Crippen molar-refractivity contribution in [2.75, 3.05) is 13.2 Å². The molecule has 0 saturated carbocycles. The summed E-state index contributed by atoms with van der Waals surface area (Å²) in [6, 6.07) is 10.7. The van der Waals surface area contributed by atoms with Crippen molar-refractivity contribution in [3.05, 3.63) is 52.4 Å².